The van der Waals surface area contributed by atoms with E-state index in [9.17, 15) is 14.0 Å². The molecule has 0 spiro atoms. The van der Waals surface area contributed by atoms with E-state index in [4.69, 9.17) is 10.6 Å². The average Bonchev–Trinajstić information content (AvgIpc) is 3.43. The Labute approximate surface area is 237 Å². The fourth-order valence-electron chi connectivity index (χ4n) is 5.87. The Bertz CT molecular complexity index is 1460. The van der Waals surface area contributed by atoms with Crippen LogP contribution < -0.4 is 10.7 Å². The Morgan fingerprint density at radius 2 is 1.80 bits per heavy atom. The minimum Gasteiger partial charge on any atom is -0.493 e. The van der Waals surface area contributed by atoms with Gasteiger partial charge in [0.1, 0.15) is 29.8 Å². The topological polar surface area (TPSA) is 110 Å². The van der Waals surface area contributed by atoms with Gasteiger partial charge < -0.3 is 14.6 Å². The molecule has 1 aromatic carbocycles. The van der Waals surface area contributed by atoms with E-state index in [1.165, 1.54) is 0 Å². The molecule has 0 amide bonds. The first-order valence-corrected chi connectivity index (χ1v) is 14.1. The summed E-state index contributed by atoms with van der Waals surface area (Å²) in [7, 11) is 0. The second-order valence-corrected chi connectivity index (χ2v) is 10.9. The number of rotatable bonds is 7. The van der Waals surface area contributed by atoms with Crippen molar-refractivity contribution in [2.24, 2.45) is 11.8 Å². The number of fused-ring (bicyclic) bond motifs is 1. The van der Waals surface area contributed by atoms with E-state index >= 15 is 0 Å². The van der Waals surface area contributed by atoms with Gasteiger partial charge in [-0.15, -0.1) is 0 Å². The number of hydrogen-bond donors (Lipinski definition) is 2. The highest BCUT2D eigenvalue weighted by Gasteiger charge is 2.27. The van der Waals surface area contributed by atoms with E-state index in [-0.39, 0.29) is 18.6 Å². The molecule has 3 aliphatic rings. The van der Waals surface area contributed by atoms with Gasteiger partial charge in [0.15, 0.2) is 0 Å². The molecule has 6 rings (SSSR count). The van der Waals surface area contributed by atoms with Crippen molar-refractivity contribution in [2.75, 3.05) is 50.7 Å². The van der Waals surface area contributed by atoms with E-state index in [1.807, 2.05) is 17.1 Å². The normalized spacial score (nSPS) is 21.1. The molecular weight excluding hydrogens is 526 g/mol. The number of nitrogens with one attached hydrogen (secondary N) is 1. The maximum atomic E-state index is 12.7. The van der Waals surface area contributed by atoms with Gasteiger partial charge in [0, 0.05) is 56.0 Å². The van der Waals surface area contributed by atoms with Gasteiger partial charge in [-0.2, -0.15) is 5.26 Å². The van der Waals surface area contributed by atoms with Crippen molar-refractivity contribution < 1.29 is 13.5 Å². The number of nitriles is 1. The van der Waals surface area contributed by atoms with Crippen molar-refractivity contribution in [1.82, 2.24) is 24.9 Å². The van der Waals surface area contributed by atoms with Gasteiger partial charge in [-0.05, 0) is 54.7 Å². The molecule has 0 radical (unpaired) electrons. The lowest BCUT2D eigenvalue weighted by Crippen LogP contribution is -2.47. The molecule has 0 saturated carbocycles. The van der Waals surface area contributed by atoms with Crippen molar-refractivity contribution in [3.8, 4) is 17.3 Å². The van der Waals surface area contributed by atoms with Crippen molar-refractivity contribution in [3.63, 3.8) is 0 Å². The summed E-state index contributed by atoms with van der Waals surface area (Å²) in [6, 6.07) is 12.7. The zero-order valence-electron chi connectivity index (χ0n) is 22.8. The van der Waals surface area contributed by atoms with E-state index < -0.39 is 6.43 Å². The number of piperazine rings is 1. The number of allylic oxidation sites excluding steroid dienone is 4. The molecule has 2 aliphatic heterocycles. The Balaban J connectivity index is 1.18. The number of nitrogens with zero attached hydrogens (tertiary/aromatic N) is 6. The van der Waals surface area contributed by atoms with E-state index in [1.54, 1.807) is 11.3 Å². The molecule has 11 heteroatoms. The molecule has 3 N–H and O–H groups in total. The maximum Gasteiger partial charge on any atom is 0.251 e. The number of hydrazine groups is 1. The number of anilines is 1. The van der Waals surface area contributed by atoms with Crippen molar-refractivity contribution in [3.05, 3.63) is 60.3 Å². The summed E-state index contributed by atoms with van der Waals surface area (Å²) in [5, 5.41) is 12.6. The monoisotopic (exact) mass is 560 g/mol. The number of benzene rings is 1. The van der Waals surface area contributed by atoms with Crippen LogP contribution in [-0.4, -0.2) is 83.2 Å². The van der Waals surface area contributed by atoms with Crippen LogP contribution >= 0.6 is 0 Å². The molecule has 1 aliphatic carbocycles. The third kappa shape index (κ3) is 6.10. The van der Waals surface area contributed by atoms with Crippen LogP contribution in [-0.2, 0) is 4.74 Å². The molecule has 1 unspecified atom stereocenters. The lowest BCUT2D eigenvalue weighted by molar-refractivity contribution is 0.0409. The third-order valence-corrected chi connectivity index (χ3v) is 8.19. The lowest BCUT2D eigenvalue weighted by Gasteiger charge is -2.35. The van der Waals surface area contributed by atoms with Crippen LogP contribution in [0, 0.1) is 17.2 Å². The zero-order chi connectivity index (χ0) is 28.3. The smallest absolute Gasteiger partial charge is 0.251 e. The molecule has 214 valence electrons. The third-order valence-electron chi connectivity index (χ3n) is 8.19. The summed E-state index contributed by atoms with van der Waals surface area (Å²) in [5.41, 5.74) is 5.53. The van der Waals surface area contributed by atoms with Crippen molar-refractivity contribution in [1.29, 1.82) is 5.26 Å². The summed E-state index contributed by atoms with van der Waals surface area (Å²) >= 11 is 0. The van der Waals surface area contributed by atoms with E-state index in [2.05, 4.69) is 56.3 Å². The highest BCUT2D eigenvalue weighted by Crippen LogP contribution is 2.36. The molecule has 2 aromatic heterocycles. The van der Waals surface area contributed by atoms with E-state index in [0.717, 1.165) is 78.3 Å². The minimum absolute atomic E-state index is 0.0753. The number of ether oxygens (including phenoxy) is 1. The minimum atomic E-state index is -2.29. The fourth-order valence-corrected chi connectivity index (χ4v) is 5.87. The second-order valence-electron chi connectivity index (χ2n) is 10.9. The van der Waals surface area contributed by atoms with Gasteiger partial charge in [0.2, 0.25) is 0 Å². The van der Waals surface area contributed by atoms with Gasteiger partial charge in [-0.1, -0.05) is 18.2 Å². The summed E-state index contributed by atoms with van der Waals surface area (Å²) in [4.78, 5) is 16.5. The zero-order valence-corrected chi connectivity index (χ0v) is 22.8. The Morgan fingerprint density at radius 3 is 2.51 bits per heavy atom. The van der Waals surface area contributed by atoms with Crippen LogP contribution in [0.25, 0.3) is 27.9 Å². The molecule has 0 bridgehead atoms. The summed E-state index contributed by atoms with van der Waals surface area (Å²) < 4.78 is 31.6. The van der Waals surface area contributed by atoms with Crippen molar-refractivity contribution >= 4 is 22.3 Å². The molecule has 4 heterocycles. The molecule has 9 nitrogen and oxygen atoms in total. The summed E-state index contributed by atoms with van der Waals surface area (Å²) in [5.74, 6) is 6.20. The number of halogens is 2. The highest BCUT2D eigenvalue weighted by molar-refractivity contribution is 5.92. The van der Waals surface area contributed by atoms with Crippen LogP contribution in [0.5, 0.6) is 0 Å². The number of piperidine rings is 1. The highest BCUT2D eigenvalue weighted by atomic mass is 19.3. The van der Waals surface area contributed by atoms with E-state index in [0.29, 0.717) is 25.3 Å². The van der Waals surface area contributed by atoms with Crippen molar-refractivity contribution in [2.45, 2.75) is 31.8 Å². The summed E-state index contributed by atoms with van der Waals surface area (Å²) in [6.45, 7) is 4.13. The Kier molecular flexibility index (Phi) is 7.96. The standard InChI is InChI=1S/C30H34F2N8O/c31-28(32)18-38-11-13-39(14-12-38)23-4-1-20(2-5-23)26-16-25-29(35-19-36-30(25)37-26)21-3-6-27(22(15-21)17-33)41-24-7-9-40(34)10-8-24/h1-6,16,19,22,24,28H,7-15,18,34H2,(H,35,36,37). The number of aromatic nitrogens is 3. The van der Waals surface area contributed by atoms with Gasteiger partial charge in [0.05, 0.1) is 18.3 Å². The van der Waals surface area contributed by atoms with Crippen LogP contribution in [0.3, 0.4) is 0 Å². The largest absolute Gasteiger partial charge is 0.493 e. The quantitative estimate of drug-likeness (QED) is 0.414. The van der Waals surface area contributed by atoms with Crippen LogP contribution in [0.1, 0.15) is 25.0 Å². The number of nitrogens with two attached hydrogens (primary N) is 1. The molecule has 3 aromatic rings. The summed E-state index contributed by atoms with van der Waals surface area (Å²) in [6.07, 6.45) is 5.46. The molecule has 2 fully saturated rings. The number of aromatic amines is 1. The SMILES string of the molecule is N#CC1CC(c2ncnc3[nH]c(-c4ccc(N5CCN(CC(F)F)CC5)cc4)cc23)=CC=C1OC1CCN(N)CC1. The van der Waals surface area contributed by atoms with Gasteiger partial charge >= 0.3 is 0 Å². The van der Waals surface area contributed by atoms with Crippen LogP contribution in [0.4, 0.5) is 14.5 Å². The first kappa shape index (κ1) is 27.3. The second kappa shape index (κ2) is 11.9. The predicted octanol–water partition coefficient (Wildman–Crippen LogP) is 4.18. The first-order chi connectivity index (χ1) is 20.0. The number of alkyl halides is 2. The lowest BCUT2D eigenvalue weighted by atomic mass is 9.90. The molecule has 2 saturated heterocycles. The van der Waals surface area contributed by atoms with Gasteiger partial charge in [-0.3, -0.25) is 10.7 Å². The maximum absolute atomic E-state index is 12.7. The van der Waals surface area contributed by atoms with Crippen LogP contribution in [0.2, 0.25) is 0 Å². The Morgan fingerprint density at radius 1 is 1.05 bits per heavy atom. The Hall–Kier alpha value is -3.85. The average molecular weight is 561 g/mol. The molecular formula is C30H34F2N8O. The fraction of sp³-hybridized carbons (Fsp3) is 0.433. The molecule has 41 heavy (non-hydrogen) atoms. The van der Waals surface area contributed by atoms with Gasteiger partial charge in [-0.25, -0.2) is 23.8 Å². The number of hydrogen-bond acceptors (Lipinski definition) is 8. The predicted molar refractivity (Wildman–Crippen MR) is 154 cm³/mol. The molecule has 1 atom stereocenters. The number of H-pyrrole nitrogens is 1. The first-order valence-electron chi connectivity index (χ1n) is 14.1. The van der Waals surface area contributed by atoms with Crippen LogP contribution in [0.15, 0.2) is 54.6 Å². The van der Waals surface area contributed by atoms with Gasteiger partial charge in [0.25, 0.3) is 6.43 Å².